The number of urea groups is 1. The Labute approximate surface area is 98.4 Å². The van der Waals surface area contributed by atoms with E-state index in [0.29, 0.717) is 18.8 Å². The van der Waals surface area contributed by atoms with E-state index in [9.17, 15) is 4.79 Å². The van der Waals surface area contributed by atoms with E-state index >= 15 is 0 Å². The predicted molar refractivity (Wildman–Crippen MR) is 62.4 cm³/mol. The minimum Gasteiger partial charge on any atom is -0.497 e. The molecular weight excluding hydrogens is 222 g/mol. The van der Waals surface area contributed by atoms with Gasteiger partial charge in [0.15, 0.2) is 0 Å². The second-order valence-electron chi connectivity index (χ2n) is 3.50. The molecule has 1 aromatic carbocycles. The Balaban J connectivity index is 2.35. The number of carbonyl (C=O) groups excluding carboxylic acids is 1. The molecule has 0 aromatic heterocycles. The minimum absolute atomic E-state index is 0.526. The standard InChI is InChI=1S/C11H13N3O3/c1-16-7-2-3-10-8(6-7)9(4-5-17-10)13-14-11(12)15/h2-3,6H,4-5H2,1H3,(H3,12,14,15). The number of ether oxygens (including phenoxy) is 2. The number of nitrogens with two attached hydrogens (primary N) is 1. The third kappa shape index (κ3) is 2.47. The summed E-state index contributed by atoms with van der Waals surface area (Å²) >= 11 is 0. The Hall–Kier alpha value is -2.24. The van der Waals surface area contributed by atoms with E-state index in [2.05, 4.69) is 10.5 Å². The normalized spacial score (nSPS) is 15.9. The van der Waals surface area contributed by atoms with Crippen LogP contribution in [0.1, 0.15) is 12.0 Å². The molecule has 0 aliphatic carbocycles. The van der Waals surface area contributed by atoms with Crippen LogP contribution >= 0.6 is 0 Å². The first kappa shape index (κ1) is 11.3. The molecule has 2 rings (SSSR count). The third-order valence-electron chi connectivity index (χ3n) is 2.40. The molecule has 2 amide bonds. The number of benzene rings is 1. The Morgan fingerprint density at radius 1 is 1.59 bits per heavy atom. The second kappa shape index (κ2) is 4.73. The highest BCUT2D eigenvalue weighted by atomic mass is 16.5. The van der Waals surface area contributed by atoms with Crippen LogP contribution in [0.15, 0.2) is 23.3 Å². The van der Waals surface area contributed by atoms with Crippen molar-refractivity contribution in [2.24, 2.45) is 10.8 Å². The van der Waals surface area contributed by atoms with Crippen molar-refractivity contribution in [3.8, 4) is 11.5 Å². The quantitative estimate of drug-likeness (QED) is 0.745. The number of carbonyl (C=O) groups is 1. The summed E-state index contributed by atoms with van der Waals surface area (Å²) in [5, 5.41) is 3.96. The highest BCUT2D eigenvalue weighted by Gasteiger charge is 2.17. The molecule has 17 heavy (non-hydrogen) atoms. The fourth-order valence-corrected chi connectivity index (χ4v) is 1.62. The Bertz CT molecular complexity index is 471. The number of nitrogens with one attached hydrogen (secondary N) is 1. The van der Waals surface area contributed by atoms with Crippen molar-refractivity contribution in [1.29, 1.82) is 0 Å². The van der Waals surface area contributed by atoms with Gasteiger partial charge in [0.05, 0.1) is 19.4 Å². The lowest BCUT2D eigenvalue weighted by atomic mass is 10.0. The average molecular weight is 235 g/mol. The van der Waals surface area contributed by atoms with Crippen molar-refractivity contribution < 1.29 is 14.3 Å². The molecule has 0 fully saturated rings. The lowest BCUT2D eigenvalue weighted by Crippen LogP contribution is -2.27. The molecule has 90 valence electrons. The van der Waals surface area contributed by atoms with Gasteiger partial charge in [-0.3, -0.25) is 0 Å². The molecule has 0 unspecified atom stereocenters. The average Bonchev–Trinajstić information content (AvgIpc) is 2.35. The van der Waals surface area contributed by atoms with Gasteiger partial charge in [0.2, 0.25) is 0 Å². The van der Waals surface area contributed by atoms with Crippen molar-refractivity contribution in [3.05, 3.63) is 23.8 Å². The van der Waals surface area contributed by atoms with Gasteiger partial charge >= 0.3 is 6.03 Å². The molecule has 6 heteroatoms. The first-order valence-corrected chi connectivity index (χ1v) is 5.14. The van der Waals surface area contributed by atoms with Crippen LogP contribution in [0.4, 0.5) is 4.79 Å². The maximum Gasteiger partial charge on any atom is 0.332 e. The zero-order valence-corrected chi connectivity index (χ0v) is 9.40. The highest BCUT2D eigenvalue weighted by molar-refractivity contribution is 6.04. The number of fused-ring (bicyclic) bond motifs is 1. The lowest BCUT2D eigenvalue weighted by molar-refractivity contribution is 0.249. The topological polar surface area (TPSA) is 85.9 Å². The Morgan fingerprint density at radius 3 is 3.12 bits per heavy atom. The number of hydrogen-bond donors (Lipinski definition) is 2. The summed E-state index contributed by atoms with van der Waals surface area (Å²) in [6.45, 7) is 0.526. The van der Waals surface area contributed by atoms with Crippen LogP contribution in [0, 0.1) is 0 Å². The van der Waals surface area contributed by atoms with Gasteiger partial charge in [0, 0.05) is 12.0 Å². The van der Waals surface area contributed by atoms with Gasteiger partial charge < -0.3 is 15.2 Å². The van der Waals surface area contributed by atoms with Crippen LogP contribution in [0.25, 0.3) is 0 Å². The molecule has 0 saturated heterocycles. The number of amides is 2. The third-order valence-corrected chi connectivity index (χ3v) is 2.40. The largest absolute Gasteiger partial charge is 0.497 e. The van der Waals surface area contributed by atoms with Gasteiger partial charge in [-0.2, -0.15) is 5.10 Å². The molecule has 3 N–H and O–H groups in total. The van der Waals surface area contributed by atoms with Crippen LogP contribution in [0.3, 0.4) is 0 Å². The van der Waals surface area contributed by atoms with Crippen molar-refractivity contribution in [2.45, 2.75) is 6.42 Å². The van der Waals surface area contributed by atoms with Crippen LogP contribution in [0.2, 0.25) is 0 Å². The number of primary amides is 1. The summed E-state index contributed by atoms with van der Waals surface area (Å²) in [5.41, 5.74) is 8.73. The second-order valence-corrected chi connectivity index (χ2v) is 3.50. The lowest BCUT2D eigenvalue weighted by Gasteiger charge is -2.19. The van der Waals surface area contributed by atoms with E-state index in [1.54, 1.807) is 7.11 Å². The van der Waals surface area contributed by atoms with Gasteiger partial charge in [0.25, 0.3) is 0 Å². The van der Waals surface area contributed by atoms with Crippen molar-refractivity contribution in [2.75, 3.05) is 13.7 Å². The van der Waals surface area contributed by atoms with Gasteiger partial charge in [-0.1, -0.05) is 0 Å². The van der Waals surface area contributed by atoms with E-state index in [4.69, 9.17) is 15.2 Å². The van der Waals surface area contributed by atoms with Gasteiger partial charge in [0.1, 0.15) is 11.5 Å². The maximum atomic E-state index is 10.6. The summed E-state index contributed by atoms with van der Waals surface area (Å²) < 4.78 is 10.6. The van der Waals surface area contributed by atoms with Gasteiger partial charge in [-0.05, 0) is 18.2 Å². The molecule has 1 aliphatic heterocycles. The SMILES string of the molecule is COc1ccc2c(c1)C(=NNC(N)=O)CCO2. The van der Waals surface area contributed by atoms with Crippen molar-refractivity contribution in [1.82, 2.24) is 5.43 Å². The molecule has 1 aliphatic rings. The number of hydrogen-bond acceptors (Lipinski definition) is 4. The molecule has 0 bridgehead atoms. The van der Waals surface area contributed by atoms with Crippen LogP contribution < -0.4 is 20.6 Å². The summed E-state index contributed by atoms with van der Waals surface area (Å²) in [5.74, 6) is 1.43. The van der Waals surface area contributed by atoms with E-state index in [0.717, 1.165) is 17.0 Å². The fraction of sp³-hybridized carbons (Fsp3) is 0.273. The molecule has 6 nitrogen and oxygen atoms in total. The molecule has 0 atom stereocenters. The van der Waals surface area contributed by atoms with Crippen molar-refractivity contribution in [3.63, 3.8) is 0 Å². The number of nitrogens with zero attached hydrogens (tertiary/aromatic N) is 1. The maximum absolute atomic E-state index is 10.6. The predicted octanol–water partition coefficient (Wildman–Crippen LogP) is 0.850. The summed E-state index contributed by atoms with van der Waals surface area (Å²) in [7, 11) is 1.59. The van der Waals surface area contributed by atoms with E-state index in [1.165, 1.54) is 0 Å². The monoisotopic (exact) mass is 235 g/mol. The fourth-order valence-electron chi connectivity index (χ4n) is 1.62. The summed E-state index contributed by atoms with van der Waals surface area (Å²) in [6, 6.07) is 4.75. The van der Waals surface area contributed by atoms with E-state index in [1.807, 2.05) is 18.2 Å². The van der Waals surface area contributed by atoms with Gasteiger partial charge in [-0.25, -0.2) is 10.2 Å². The van der Waals surface area contributed by atoms with E-state index in [-0.39, 0.29) is 0 Å². The smallest absolute Gasteiger partial charge is 0.332 e. The number of rotatable bonds is 2. The first-order chi connectivity index (χ1) is 8.20. The molecular formula is C11H13N3O3. The van der Waals surface area contributed by atoms with Gasteiger partial charge in [-0.15, -0.1) is 0 Å². The van der Waals surface area contributed by atoms with E-state index < -0.39 is 6.03 Å². The zero-order chi connectivity index (χ0) is 12.3. The molecule has 0 saturated carbocycles. The first-order valence-electron chi connectivity index (χ1n) is 5.14. The molecule has 0 spiro atoms. The van der Waals surface area contributed by atoms with Crippen LogP contribution in [-0.4, -0.2) is 25.5 Å². The minimum atomic E-state index is -0.687. The number of hydrazone groups is 1. The molecule has 0 radical (unpaired) electrons. The summed E-state index contributed by atoms with van der Waals surface area (Å²) in [6.07, 6.45) is 0.612. The number of methoxy groups -OCH3 is 1. The van der Waals surface area contributed by atoms with Crippen molar-refractivity contribution >= 4 is 11.7 Å². The summed E-state index contributed by atoms with van der Waals surface area (Å²) in [4.78, 5) is 10.6. The molecule has 1 heterocycles. The van der Waals surface area contributed by atoms with Crippen LogP contribution in [-0.2, 0) is 0 Å². The Morgan fingerprint density at radius 2 is 2.41 bits per heavy atom. The zero-order valence-electron chi connectivity index (χ0n) is 9.40. The van der Waals surface area contributed by atoms with Crippen LogP contribution in [0.5, 0.6) is 11.5 Å². The highest BCUT2D eigenvalue weighted by Crippen LogP contribution is 2.28. The molecule has 1 aromatic rings. The Kier molecular flexibility index (Phi) is 3.13.